The summed E-state index contributed by atoms with van der Waals surface area (Å²) in [4.78, 5) is 11.8. The Kier molecular flexibility index (Phi) is 4.10. The molecule has 3 heteroatoms. The fourth-order valence-electron chi connectivity index (χ4n) is 7.20. The third-order valence-electron chi connectivity index (χ3n) is 8.74. The monoisotopic (exact) mass is 346 g/mol. The Balaban J connectivity index is 1.66. The zero-order chi connectivity index (χ0) is 18.0. The maximum atomic E-state index is 11.8. The summed E-state index contributed by atoms with van der Waals surface area (Å²) >= 11 is 0. The minimum absolute atomic E-state index is 0.0252. The van der Waals surface area contributed by atoms with Gasteiger partial charge in [-0.05, 0) is 74.0 Å². The highest BCUT2D eigenvalue weighted by molar-refractivity contribution is 5.83. The molecule has 4 aliphatic rings. The summed E-state index contributed by atoms with van der Waals surface area (Å²) in [6.07, 6.45) is 10.5. The highest BCUT2D eigenvalue weighted by Gasteiger charge is 2.61. The summed E-state index contributed by atoms with van der Waals surface area (Å²) in [5.41, 5.74) is 0.489. The van der Waals surface area contributed by atoms with Gasteiger partial charge in [0.15, 0.2) is 0 Å². The largest absolute Gasteiger partial charge is 0.458 e. The number of fused-ring (bicyclic) bond motifs is 5. The fourth-order valence-corrected chi connectivity index (χ4v) is 7.20. The minimum Gasteiger partial charge on any atom is -0.458 e. The van der Waals surface area contributed by atoms with Gasteiger partial charge in [-0.3, -0.25) is 0 Å². The van der Waals surface area contributed by atoms with Crippen molar-refractivity contribution in [2.24, 2.45) is 40.4 Å². The van der Waals surface area contributed by atoms with E-state index in [0.717, 1.165) is 18.3 Å². The maximum Gasteiger partial charge on any atom is 0.330 e. The predicted molar refractivity (Wildman–Crippen MR) is 97.9 cm³/mol. The second-order valence-electron chi connectivity index (χ2n) is 9.96. The molecule has 1 aliphatic heterocycles. The van der Waals surface area contributed by atoms with Gasteiger partial charge in [0, 0.05) is 18.6 Å². The summed E-state index contributed by atoms with van der Waals surface area (Å²) in [7, 11) is 1.85. The van der Waals surface area contributed by atoms with Gasteiger partial charge in [-0.25, -0.2) is 4.79 Å². The Hall–Kier alpha value is -0.830. The van der Waals surface area contributed by atoms with Crippen molar-refractivity contribution in [3.8, 4) is 0 Å². The van der Waals surface area contributed by atoms with E-state index >= 15 is 0 Å². The Morgan fingerprint density at radius 1 is 1.28 bits per heavy atom. The summed E-state index contributed by atoms with van der Waals surface area (Å²) in [6.45, 7) is 9.53. The average Bonchev–Trinajstić information content (AvgIpc) is 2.93. The quantitative estimate of drug-likeness (QED) is 0.685. The second-order valence-corrected chi connectivity index (χ2v) is 9.96. The van der Waals surface area contributed by atoms with E-state index in [4.69, 9.17) is 9.47 Å². The highest BCUT2D eigenvalue weighted by atomic mass is 16.5. The van der Waals surface area contributed by atoms with Crippen LogP contribution in [0.4, 0.5) is 0 Å². The molecule has 0 aromatic heterocycles. The molecular weight excluding hydrogens is 312 g/mol. The Bertz CT molecular complexity index is 584. The Morgan fingerprint density at radius 2 is 2.04 bits per heavy atom. The summed E-state index contributed by atoms with van der Waals surface area (Å²) in [5.74, 6) is 3.34. The van der Waals surface area contributed by atoms with Crippen molar-refractivity contribution in [1.29, 1.82) is 0 Å². The molecule has 3 aliphatic carbocycles. The number of rotatable bonds is 2. The number of carbonyl (C=O) groups is 1. The standard InChI is InChI=1S/C22H34O3/c1-13-10-18-22(4,9-7-19(23)25-18)16-6-8-21(3)12-15(14(2)24-5)11-17(21)20(13)16/h7,9,13-18,20H,6,8,10-12H2,1-5H3/t13-,14?,15-,16-,17-,18+,20+,21+,22+/m0/s1. The van der Waals surface area contributed by atoms with Crippen LogP contribution in [0.3, 0.4) is 0 Å². The molecule has 0 radical (unpaired) electrons. The molecule has 9 atom stereocenters. The Labute approximate surface area is 152 Å². The van der Waals surface area contributed by atoms with Crippen molar-refractivity contribution in [3.63, 3.8) is 0 Å². The minimum atomic E-state index is -0.149. The highest BCUT2D eigenvalue weighted by Crippen LogP contribution is 2.66. The molecular formula is C22H34O3. The fraction of sp³-hybridized carbons (Fsp3) is 0.864. The molecule has 140 valence electrons. The first-order valence-corrected chi connectivity index (χ1v) is 10.2. The molecule has 3 fully saturated rings. The van der Waals surface area contributed by atoms with E-state index in [9.17, 15) is 4.79 Å². The van der Waals surface area contributed by atoms with E-state index in [1.165, 1.54) is 25.7 Å². The zero-order valence-electron chi connectivity index (χ0n) is 16.5. The molecule has 1 heterocycles. The number of carbonyl (C=O) groups excluding carboxylic acids is 1. The first kappa shape index (κ1) is 17.6. The molecule has 0 amide bonds. The van der Waals surface area contributed by atoms with Crippen molar-refractivity contribution < 1.29 is 14.3 Å². The number of ether oxygens (including phenoxy) is 2. The van der Waals surface area contributed by atoms with Crippen molar-refractivity contribution in [3.05, 3.63) is 12.2 Å². The third-order valence-corrected chi connectivity index (χ3v) is 8.74. The molecule has 0 saturated heterocycles. The molecule has 0 N–H and O–H groups in total. The van der Waals surface area contributed by atoms with Gasteiger partial charge < -0.3 is 9.47 Å². The van der Waals surface area contributed by atoms with E-state index in [1.54, 1.807) is 6.08 Å². The molecule has 3 nitrogen and oxygen atoms in total. The lowest BCUT2D eigenvalue weighted by Gasteiger charge is -2.59. The van der Waals surface area contributed by atoms with E-state index in [-0.39, 0.29) is 17.5 Å². The molecule has 3 saturated carbocycles. The lowest BCUT2D eigenvalue weighted by Crippen LogP contribution is -2.57. The molecule has 0 aromatic carbocycles. The van der Waals surface area contributed by atoms with E-state index < -0.39 is 0 Å². The summed E-state index contributed by atoms with van der Waals surface area (Å²) in [6, 6.07) is 0. The molecule has 4 rings (SSSR count). The van der Waals surface area contributed by atoms with Gasteiger partial charge in [-0.2, -0.15) is 0 Å². The zero-order valence-corrected chi connectivity index (χ0v) is 16.5. The van der Waals surface area contributed by atoms with Crippen LogP contribution in [-0.4, -0.2) is 25.3 Å². The van der Waals surface area contributed by atoms with Gasteiger partial charge in [0.2, 0.25) is 0 Å². The van der Waals surface area contributed by atoms with Crippen molar-refractivity contribution >= 4 is 5.97 Å². The molecule has 0 aromatic rings. The Morgan fingerprint density at radius 3 is 2.76 bits per heavy atom. The van der Waals surface area contributed by atoms with Gasteiger partial charge in [0.05, 0.1) is 6.10 Å². The third kappa shape index (κ3) is 2.52. The molecule has 0 bridgehead atoms. The van der Waals surface area contributed by atoms with Crippen LogP contribution in [0.15, 0.2) is 12.2 Å². The SMILES string of the molecule is COC(C)[C@H]1C[C@H]2[C@@H]3[C@@H](C)C[C@H]4OC(=O)C=C[C@]4(C)[C@H]3CC[C@]2(C)C1. The first-order chi connectivity index (χ1) is 11.8. The van der Waals surface area contributed by atoms with Crippen molar-refractivity contribution in [2.75, 3.05) is 7.11 Å². The lowest BCUT2D eigenvalue weighted by atomic mass is 9.47. The van der Waals surface area contributed by atoms with Gasteiger partial charge >= 0.3 is 5.97 Å². The van der Waals surface area contributed by atoms with Crippen LogP contribution in [0.5, 0.6) is 0 Å². The van der Waals surface area contributed by atoms with Crippen LogP contribution in [0.2, 0.25) is 0 Å². The van der Waals surface area contributed by atoms with Crippen LogP contribution >= 0.6 is 0 Å². The molecule has 0 spiro atoms. The first-order valence-electron chi connectivity index (χ1n) is 10.2. The lowest BCUT2D eigenvalue weighted by molar-refractivity contribution is -0.173. The van der Waals surface area contributed by atoms with Gasteiger partial charge in [0.1, 0.15) is 6.10 Å². The van der Waals surface area contributed by atoms with Crippen LogP contribution in [0.25, 0.3) is 0 Å². The van der Waals surface area contributed by atoms with E-state index in [0.29, 0.717) is 29.3 Å². The second kappa shape index (κ2) is 5.84. The van der Waals surface area contributed by atoms with Crippen LogP contribution in [0.1, 0.15) is 59.8 Å². The molecule has 1 unspecified atom stereocenters. The number of esters is 1. The van der Waals surface area contributed by atoms with Gasteiger partial charge in [0.25, 0.3) is 0 Å². The van der Waals surface area contributed by atoms with Crippen LogP contribution in [-0.2, 0) is 14.3 Å². The topological polar surface area (TPSA) is 35.5 Å². The van der Waals surface area contributed by atoms with Crippen molar-refractivity contribution in [2.45, 2.75) is 72.0 Å². The number of hydrogen-bond acceptors (Lipinski definition) is 3. The maximum absolute atomic E-state index is 11.8. The van der Waals surface area contributed by atoms with Gasteiger partial charge in [-0.15, -0.1) is 0 Å². The summed E-state index contributed by atoms with van der Waals surface area (Å²) in [5, 5.41) is 0. The average molecular weight is 347 g/mol. The number of hydrogen-bond donors (Lipinski definition) is 0. The normalized spacial score (nSPS) is 52.8. The van der Waals surface area contributed by atoms with E-state index in [1.807, 2.05) is 7.11 Å². The van der Waals surface area contributed by atoms with Gasteiger partial charge in [-0.1, -0.05) is 26.8 Å². The van der Waals surface area contributed by atoms with Crippen LogP contribution in [0, 0.1) is 40.4 Å². The summed E-state index contributed by atoms with van der Waals surface area (Å²) < 4.78 is 11.5. The smallest absolute Gasteiger partial charge is 0.330 e. The van der Waals surface area contributed by atoms with E-state index in [2.05, 4.69) is 33.8 Å². The van der Waals surface area contributed by atoms with Crippen molar-refractivity contribution in [1.82, 2.24) is 0 Å². The predicted octanol–water partition coefficient (Wildman–Crippen LogP) is 4.61. The van der Waals surface area contributed by atoms with Crippen LogP contribution < -0.4 is 0 Å². The molecule has 25 heavy (non-hydrogen) atoms. The number of methoxy groups -OCH3 is 1.